The van der Waals surface area contributed by atoms with Crippen LogP contribution in [0.2, 0.25) is 0 Å². The lowest BCUT2D eigenvalue weighted by atomic mass is 10.0. The van der Waals surface area contributed by atoms with E-state index in [9.17, 15) is 24.0 Å². The van der Waals surface area contributed by atoms with Crippen LogP contribution in [0.3, 0.4) is 0 Å². The van der Waals surface area contributed by atoms with Gasteiger partial charge < -0.3 is 36.5 Å². The molecule has 12 nitrogen and oxygen atoms in total. The van der Waals surface area contributed by atoms with Crippen LogP contribution in [0.1, 0.15) is 51.9 Å². The fourth-order valence-electron chi connectivity index (χ4n) is 3.23. The van der Waals surface area contributed by atoms with E-state index in [-0.39, 0.29) is 29.8 Å². The topological polar surface area (TPSA) is 178 Å². The Kier molecular flexibility index (Phi) is 11.8. The molecule has 1 aromatic rings. The molecule has 14 heteroatoms. The minimum absolute atomic E-state index is 0.0673. The number of nitrogens with two attached hydrogens (primary N) is 1. The second kappa shape index (κ2) is 14.3. The van der Waals surface area contributed by atoms with Gasteiger partial charge in [0.2, 0.25) is 30.4 Å². The molecule has 1 aliphatic rings. The molecule has 6 N–H and O–H groups in total. The third-order valence-corrected chi connectivity index (χ3v) is 8.59. The zero-order chi connectivity index (χ0) is 29.3. The van der Waals surface area contributed by atoms with Crippen LogP contribution in [0.25, 0.3) is 0 Å². The SMILES string of the molecule is CC(C)[C@H](NC(=O)c1ccc2c(c1)OCO2)C(=O)N[C@@H](CSSC(C)(C)C)C(=O)N[C@@H](C)C(=O)NCC(N)=O. The molecule has 5 amide bonds. The van der Waals surface area contributed by atoms with Crippen LogP contribution in [0, 0.1) is 5.92 Å². The summed E-state index contributed by atoms with van der Waals surface area (Å²) < 4.78 is 10.5. The largest absolute Gasteiger partial charge is 0.454 e. The predicted molar refractivity (Wildman–Crippen MR) is 150 cm³/mol. The van der Waals surface area contributed by atoms with Crippen LogP contribution >= 0.6 is 21.6 Å². The molecule has 0 saturated carbocycles. The molecule has 0 aromatic heterocycles. The number of benzene rings is 1. The van der Waals surface area contributed by atoms with E-state index in [0.717, 1.165) is 0 Å². The molecule has 0 radical (unpaired) electrons. The van der Waals surface area contributed by atoms with Gasteiger partial charge in [0.1, 0.15) is 18.1 Å². The number of nitrogens with one attached hydrogen (secondary N) is 4. The first-order valence-corrected chi connectivity index (χ1v) is 14.7. The van der Waals surface area contributed by atoms with E-state index in [4.69, 9.17) is 15.2 Å². The van der Waals surface area contributed by atoms with Crippen molar-refractivity contribution in [1.82, 2.24) is 21.3 Å². The number of rotatable bonds is 13. The van der Waals surface area contributed by atoms with Crippen LogP contribution in [-0.2, 0) is 19.2 Å². The maximum Gasteiger partial charge on any atom is 0.252 e. The quantitative estimate of drug-likeness (QED) is 0.211. The van der Waals surface area contributed by atoms with E-state index < -0.39 is 47.7 Å². The van der Waals surface area contributed by atoms with Crippen molar-refractivity contribution in [3.63, 3.8) is 0 Å². The van der Waals surface area contributed by atoms with Gasteiger partial charge in [-0.2, -0.15) is 0 Å². The van der Waals surface area contributed by atoms with Gasteiger partial charge in [-0.25, -0.2) is 0 Å². The van der Waals surface area contributed by atoms with E-state index in [1.54, 1.807) is 26.0 Å². The smallest absolute Gasteiger partial charge is 0.252 e. The summed E-state index contributed by atoms with van der Waals surface area (Å²) in [5.41, 5.74) is 5.34. The first-order chi connectivity index (χ1) is 18.2. The molecule has 0 spiro atoms. The highest BCUT2D eigenvalue weighted by atomic mass is 33.1. The van der Waals surface area contributed by atoms with Gasteiger partial charge in [-0.1, -0.05) is 56.2 Å². The average molecular weight is 584 g/mol. The Labute approximate surface area is 236 Å². The minimum Gasteiger partial charge on any atom is -0.454 e. The maximum atomic E-state index is 13.3. The minimum atomic E-state index is -1.01. The number of carbonyl (C=O) groups is 5. The average Bonchev–Trinajstić information content (AvgIpc) is 3.31. The summed E-state index contributed by atoms with van der Waals surface area (Å²) in [4.78, 5) is 62.5. The molecule has 2 rings (SSSR count). The molecular weight excluding hydrogens is 546 g/mol. The highest BCUT2D eigenvalue weighted by molar-refractivity contribution is 8.77. The highest BCUT2D eigenvalue weighted by Crippen LogP contribution is 2.35. The molecule has 1 aliphatic heterocycles. The summed E-state index contributed by atoms with van der Waals surface area (Å²) >= 11 is 0. The van der Waals surface area contributed by atoms with Gasteiger partial charge in [0.25, 0.3) is 5.91 Å². The third-order valence-electron chi connectivity index (χ3n) is 5.24. The van der Waals surface area contributed by atoms with Crippen LogP contribution in [0.4, 0.5) is 0 Å². The van der Waals surface area contributed by atoms with Crippen LogP contribution in [0.5, 0.6) is 11.5 Å². The Morgan fingerprint density at radius 3 is 2.23 bits per heavy atom. The monoisotopic (exact) mass is 583 g/mol. The van der Waals surface area contributed by atoms with Crippen molar-refractivity contribution in [3.05, 3.63) is 23.8 Å². The Morgan fingerprint density at radius 1 is 0.949 bits per heavy atom. The summed E-state index contributed by atoms with van der Waals surface area (Å²) in [6.07, 6.45) is 0. The van der Waals surface area contributed by atoms with Crippen molar-refractivity contribution in [2.24, 2.45) is 11.7 Å². The van der Waals surface area contributed by atoms with Gasteiger partial charge in [0, 0.05) is 16.1 Å². The molecule has 0 saturated heterocycles. The van der Waals surface area contributed by atoms with Gasteiger partial charge in [-0.05, 0) is 31.0 Å². The maximum absolute atomic E-state index is 13.3. The molecule has 0 aliphatic carbocycles. The molecule has 3 atom stereocenters. The van der Waals surface area contributed by atoms with Crippen molar-refractivity contribution >= 4 is 51.1 Å². The summed E-state index contributed by atoms with van der Waals surface area (Å²) in [7, 11) is 2.93. The summed E-state index contributed by atoms with van der Waals surface area (Å²) in [6, 6.07) is 1.78. The molecule has 39 heavy (non-hydrogen) atoms. The zero-order valence-corrected chi connectivity index (χ0v) is 24.5. The van der Waals surface area contributed by atoms with Gasteiger partial charge >= 0.3 is 0 Å². The number of primary amides is 1. The Hall–Kier alpha value is -3.13. The Morgan fingerprint density at radius 2 is 1.62 bits per heavy atom. The van der Waals surface area contributed by atoms with Gasteiger partial charge in [0.05, 0.1) is 6.54 Å². The van der Waals surface area contributed by atoms with Crippen molar-refractivity contribution in [1.29, 1.82) is 0 Å². The van der Waals surface area contributed by atoms with E-state index in [1.165, 1.54) is 34.6 Å². The lowest BCUT2D eigenvalue weighted by Gasteiger charge is -2.26. The van der Waals surface area contributed by atoms with Crippen molar-refractivity contribution in [2.45, 2.75) is 64.4 Å². The molecule has 1 heterocycles. The van der Waals surface area contributed by atoms with Crippen molar-refractivity contribution < 1.29 is 33.4 Å². The fourth-order valence-corrected chi connectivity index (χ4v) is 5.69. The Bertz CT molecular complexity index is 1080. The van der Waals surface area contributed by atoms with Gasteiger partial charge in [-0.3, -0.25) is 24.0 Å². The molecule has 1 aromatic carbocycles. The van der Waals surface area contributed by atoms with Crippen molar-refractivity contribution in [3.8, 4) is 11.5 Å². The van der Waals surface area contributed by atoms with E-state index >= 15 is 0 Å². The van der Waals surface area contributed by atoms with Crippen LogP contribution < -0.4 is 36.5 Å². The number of amides is 5. The molecular formula is C25H37N5O7S2. The van der Waals surface area contributed by atoms with Gasteiger partial charge in [0.15, 0.2) is 11.5 Å². The second-order valence-corrected chi connectivity index (χ2v) is 13.4. The fraction of sp³-hybridized carbons (Fsp3) is 0.560. The molecule has 0 fully saturated rings. The number of ether oxygens (including phenoxy) is 2. The summed E-state index contributed by atoms with van der Waals surface area (Å²) in [6.45, 7) is 10.8. The molecule has 0 unspecified atom stereocenters. The molecule has 0 bridgehead atoms. The number of hydrogen-bond donors (Lipinski definition) is 5. The van der Waals surface area contributed by atoms with Crippen LogP contribution in [0.15, 0.2) is 18.2 Å². The lowest BCUT2D eigenvalue weighted by molar-refractivity contribution is -0.132. The third kappa shape index (κ3) is 10.5. The van der Waals surface area contributed by atoms with E-state index in [2.05, 4.69) is 21.3 Å². The van der Waals surface area contributed by atoms with E-state index in [1.807, 2.05) is 20.8 Å². The number of hydrogen-bond acceptors (Lipinski definition) is 9. The van der Waals surface area contributed by atoms with Gasteiger partial charge in [-0.15, -0.1) is 0 Å². The summed E-state index contributed by atoms with van der Waals surface area (Å²) in [5, 5.41) is 10.4. The lowest BCUT2D eigenvalue weighted by Crippen LogP contribution is -2.58. The summed E-state index contributed by atoms with van der Waals surface area (Å²) in [5.74, 6) is -2.07. The predicted octanol–water partition coefficient (Wildman–Crippen LogP) is 0.941. The standard InChI is InChI=1S/C25H37N5O7S2/c1-13(2)20(30-22(33)15-7-8-17-18(9-15)37-12-36-17)24(35)29-16(11-38-39-25(4,5)6)23(34)28-14(3)21(32)27-10-19(26)31/h7-9,13-14,16,20H,10-12H2,1-6H3,(H2,26,31)(H,27,32)(H,28,34)(H,29,35)(H,30,33)/t14-,16-,20-/m0/s1. The first-order valence-electron chi connectivity index (χ1n) is 12.4. The molecule has 216 valence electrons. The second-order valence-electron chi connectivity index (χ2n) is 10.2. The first kappa shape index (κ1) is 32.1. The Balaban J connectivity index is 2.12. The number of carbonyl (C=O) groups excluding carboxylic acids is 5. The van der Waals surface area contributed by atoms with Crippen LogP contribution in [-0.4, -0.2) is 71.5 Å². The van der Waals surface area contributed by atoms with E-state index in [0.29, 0.717) is 17.1 Å². The zero-order valence-electron chi connectivity index (χ0n) is 22.9. The van der Waals surface area contributed by atoms with Crippen molar-refractivity contribution in [2.75, 3.05) is 19.1 Å². The normalized spacial score (nSPS) is 14.6. The highest BCUT2D eigenvalue weighted by Gasteiger charge is 2.31. The number of fused-ring (bicyclic) bond motifs is 1.